The molecule has 1 aliphatic carbocycles. The number of carbonyl (C=O) groups excluding carboxylic acids is 1. The molecule has 0 aliphatic heterocycles. The molecular formula is C25H24Cl3N3O4. The molecule has 0 saturated heterocycles. The van der Waals surface area contributed by atoms with Crippen molar-refractivity contribution in [2.24, 2.45) is 7.05 Å². The first kappa shape index (κ1) is 26.7. The van der Waals surface area contributed by atoms with Gasteiger partial charge in [0.05, 0.1) is 0 Å². The van der Waals surface area contributed by atoms with Crippen LogP contribution >= 0.6 is 34.8 Å². The average Bonchev–Trinajstić information content (AvgIpc) is 3.39. The summed E-state index contributed by atoms with van der Waals surface area (Å²) < 4.78 is 1.63. The molecule has 2 aromatic heterocycles. The maximum absolute atomic E-state index is 12.5. The third-order valence-electron chi connectivity index (χ3n) is 5.50. The molecule has 1 saturated carbocycles. The lowest BCUT2D eigenvalue weighted by Gasteiger charge is -2.33. The molecule has 1 aromatic carbocycles. The number of aromatic carboxylic acids is 1. The summed E-state index contributed by atoms with van der Waals surface area (Å²) in [5, 5.41) is 23.6. The van der Waals surface area contributed by atoms with Gasteiger partial charge >= 0.3 is 5.97 Å². The second-order valence-corrected chi connectivity index (χ2v) is 9.41. The number of benzene rings is 1. The van der Waals surface area contributed by atoms with E-state index >= 15 is 0 Å². The summed E-state index contributed by atoms with van der Waals surface area (Å²) in [5.41, 5.74) is 0.245. The van der Waals surface area contributed by atoms with E-state index in [9.17, 15) is 14.7 Å². The van der Waals surface area contributed by atoms with Crippen LogP contribution in [0.3, 0.4) is 0 Å². The SMILES string of the molecule is Cn1c(Cl)ccc1C(=O)N[C@H]1CCC[C@@](O)(C#Cc2cccc(Cl)c2)C1.O=C(O)c1ccc(Cl)[nH]1. The van der Waals surface area contributed by atoms with E-state index in [1.807, 2.05) is 12.1 Å². The van der Waals surface area contributed by atoms with Crippen molar-refractivity contribution in [1.29, 1.82) is 0 Å². The Morgan fingerprint density at radius 2 is 1.94 bits per heavy atom. The summed E-state index contributed by atoms with van der Waals surface area (Å²) in [5.74, 6) is 4.77. The predicted molar refractivity (Wildman–Crippen MR) is 136 cm³/mol. The Morgan fingerprint density at radius 1 is 1.17 bits per heavy atom. The van der Waals surface area contributed by atoms with Gasteiger partial charge in [0, 0.05) is 30.1 Å². The Balaban J connectivity index is 0.000000320. The number of aromatic nitrogens is 2. The first-order valence-electron chi connectivity index (χ1n) is 10.8. The zero-order valence-corrected chi connectivity index (χ0v) is 21.1. The van der Waals surface area contributed by atoms with E-state index in [0.717, 1.165) is 18.4 Å². The van der Waals surface area contributed by atoms with Gasteiger partial charge in [0.25, 0.3) is 5.91 Å². The van der Waals surface area contributed by atoms with E-state index in [1.54, 1.807) is 35.9 Å². The van der Waals surface area contributed by atoms with Gasteiger partial charge in [0.15, 0.2) is 0 Å². The number of nitrogens with one attached hydrogen (secondary N) is 2. The van der Waals surface area contributed by atoms with Crippen molar-refractivity contribution in [3.8, 4) is 11.8 Å². The fourth-order valence-electron chi connectivity index (χ4n) is 3.71. The summed E-state index contributed by atoms with van der Waals surface area (Å²) in [6.45, 7) is 0. The summed E-state index contributed by atoms with van der Waals surface area (Å²) in [4.78, 5) is 25.0. The molecule has 1 amide bonds. The minimum atomic E-state index is -1.12. The van der Waals surface area contributed by atoms with Gasteiger partial charge in [0.2, 0.25) is 0 Å². The second-order valence-electron chi connectivity index (χ2n) is 8.18. The Hall–Kier alpha value is -2.89. The maximum Gasteiger partial charge on any atom is 0.352 e. The van der Waals surface area contributed by atoms with Gasteiger partial charge in [-0.25, -0.2) is 4.79 Å². The molecule has 4 rings (SSSR count). The number of H-pyrrole nitrogens is 1. The van der Waals surface area contributed by atoms with Crippen LogP contribution in [0.25, 0.3) is 0 Å². The molecule has 10 heteroatoms. The van der Waals surface area contributed by atoms with Crippen LogP contribution < -0.4 is 5.32 Å². The summed E-state index contributed by atoms with van der Waals surface area (Å²) in [6, 6.07) is 13.4. The average molecular weight is 537 g/mol. The zero-order valence-electron chi connectivity index (χ0n) is 18.8. The lowest BCUT2D eigenvalue weighted by molar-refractivity contribution is 0.0450. The lowest BCUT2D eigenvalue weighted by Crippen LogP contribution is -2.45. The standard InChI is InChI=1S/C20H20Cl2N2O2.C5H4ClNO2/c1-24-17(7-8-18(24)22)19(25)23-16-6-3-10-20(26,13-16)11-9-14-4-2-5-15(21)12-14;6-4-2-1-3(7-4)5(8)9/h2,4-5,7-8,12,16,26H,3,6,10,13H2,1H3,(H,23,25);1-2,7H,(H,8,9)/t16-,20+;/m0./s1. The second kappa shape index (κ2) is 11.7. The molecule has 184 valence electrons. The minimum absolute atomic E-state index is 0.111. The number of hydrogen-bond acceptors (Lipinski definition) is 3. The van der Waals surface area contributed by atoms with E-state index in [4.69, 9.17) is 39.9 Å². The number of carboxylic acid groups (broad SMARTS) is 1. The summed E-state index contributed by atoms with van der Waals surface area (Å²) in [7, 11) is 1.74. The van der Waals surface area contributed by atoms with Crippen LogP contribution in [0.1, 0.15) is 52.2 Å². The smallest absolute Gasteiger partial charge is 0.352 e. The van der Waals surface area contributed by atoms with Gasteiger partial charge in [-0.1, -0.05) is 52.7 Å². The molecule has 35 heavy (non-hydrogen) atoms. The summed E-state index contributed by atoms with van der Waals surface area (Å²) in [6.07, 6.45) is 2.58. The molecular weight excluding hydrogens is 513 g/mol. The molecule has 0 unspecified atom stereocenters. The topological polar surface area (TPSA) is 107 Å². The van der Waals surface area contributed by atoms with Gasteiger partial charge in [-0.15, -0.1) is 0 Å². The van der Waals surface area contributed by atoms with Crippen molar-refractivity contribution in [1.82, 2.24) is 14.9 Å². The highest BCUT2D eigenvalue weighted by atomic mass is 35.5. The third-order valence-corrected chi connectivity index (χ3v) is 6.34. The molecule has 1 fully saturated rings. The van der Waals surface area contributed by atoms with Crippen LogP contribution in [-0.2, 0) is 7.05 Å². The van der Waals surface area contributed by atoms with Crippen molar-refractivity contribution >= 4 is 46.7 Å². The number of nitrogens with zero attached hydrogens (tertiary/aromatic N) is 1. The quantitative estimate of drug-likeness (QED) is 0.347. The lowest BCUT2D eigenvalue weighted by atomic mass is 9.82. The number of halogens is 3. The fraction of sp³-hybridized carbons (Fsp3) is 0.280. The molecule has 0 spiro atoms. The highest BCUT2D eigenvalue weighted by Gasteiger charge is 2.34. The van der Waals surface area contributed by atoms with Crippen molar-refractivity contribution < 1.29 is 19.8 Å². The third kappa shape index (κ3) is 7.55. The highest BCUT2D eigenvalue weighted by Crippen LogP contribution is 2.28. The van der Waals surface area contributed by atoms with Gasteiger partial charge in [-0.3, -0.25) is 4.79 Å². The minimum Gasteiger partial charge on any atom is -0.477 e. The van der Waals surface area contributed by atoms with Crippen molar-refractivity contribution in [3.63, 3.8) is 0 Å². The molecule has 1 aliphatic rings. The van der Waals surface area contributed by atoms with Gasteiger partial charge < -0.3 is 25.1 Å². The zero-order chi connectivity index (χ0) is 25.6. The van der Waals surface area contributed by atoms with E-state index in [1.165, 1.54) is 12.1 Å². The molecule has 0 radical (unpaired) electrons. The number of amides is 1. The van der Waals surface area contributed by atoms with Crippen LogP contribution in [0.2, 0.25) is 15.3 Å². The number of aromatic amines is 1. The number of carbonyl (C=O) groups is 2. The summed E-state index contributed by atoms with van der Waals surface area (Å²) >= 11 is 17.3. The van der Waals surface area contributed by atoms with Crippen LogP contribution in [0.5, 0.6) is 0 Å². The number of carboxylic acids is 1. The van der Waals surface area contributed by atoms with Crippen LogP contribution in [0, 0.1) is 11.8 Å². The maximum atomic E-state index is 12.5. The van der Waals surface area contributed by atoms with E-state index in [2.05, 4.69) is 22.1 Å². The van der Waals surface area contributed by atoms with E-state index in [-0.39, 0.29) is 17.6 Å². The predicted octanol–water partition coefficient (Wildman–Crippen LogP) is 5.15. The fourth-order valence-corrected chi connectivity index (χ4v) is 4.22. The Kier molecular flexibility index (Phi) is 8.92. The van der Waals surface area contributed by atoms with Crippen molar-refractivity contribution in [2.45, 2.75) is 37.3 Å². The Morgan fingerprint density at radius 3 is 2.51 bits per heavy atom. The molecule has 2 heterocycles. The Bertz CT molecular complexity index is 1270. The molecule has 2 atom stereocenters. The highest BCUT2D eigenvalue weighted by molar-refractivity contribution is 6.30. The van der Waals surface area contributed by atoms with E-state index < -0.39 is 11.6 Å². The van der Waals surface area contributed by atoms with Crippen LogP contribution in [0.15, 0.2) is 48.5 Å². The van der Waals surface area contributed by atoms with Gasteiger partial charge in [0.1, 0.15) is 27.3 Å². The van der Waals surface area contributed by atoms with E-state index in [0.29, 0.717) is 33.9 Å². The number of hydrogen-bond donors (Lipinski definition) is 4. The first-order valence-corrected chi connectivity index (χ1v) is 11.9. The first-order chi connectivity index (χ1) is 16.6. The number of aliphatic hydroxyl groups is 1. The normalized spacial score (nSPS) is 19.1. The monoisotopic (exact) mass is 535 g/mol. The molecule has 0 bridgehead atoms. The Labute approximate surface area is 218 Å². The molecule has 3 aromatic rings. The van der Waals surface area contributed by atoms with Gasteiger partial charge in [-0.05, 0) is 61.7 Å². The van der Waals surface area contributed by atoms with Gasteiger partial charge in [-0.2, -0.15) is 0 Å². The number of rotatable bonds is 3. The largest absolute Gasteiger partial charge is 0.477 e. The van der Waals surface area contributed by atoms with Crippen LogP contribution in [-0.4, -0.2) is 43.3 Å². The van der Waals surface area contributed by atoms with Crippen molar-refractivity contribution in [2.75, 3.05) is 0 Å². The van der Waals surface area contributed by atoms with Crippen molar-refractivity contribution in [3.05, 3.63) is 80.8 Å². The van der Waals surface area contributed by atoms with Crippen LogP contribution in [0.4, 0.5) is 0 Å². The molecule has 4 N–H and O–H groups in total. The molecule has 7 nitrogen and oxygen atoms in total.